The molecule has 0 aromatic heterocycles. The third-order valence-electron chi connectivity index (χ3n) is 2.58. The van der Waals surface area contributed by atoms with Gasteiger partial charge < -0.3 is 10.6 Å². The molecule has 4 heteroatoms. The van der Waals surface area contributed by atoms with E-state index in [0.717, 1.165) is 31.7 Å². The SMILES string of the molecule is CC(C)CC(N)C(=O)N1CCCSCC1. The topological polar surface area (TPSA) is 46.3 Å². The van der Waals surface area contributed by atoms with Crippen LogP contribution in [0.25, 0.3) is 0 Å². The molecule has 0 spiro atoms. The maximum absolute atomic E-state index is 12.0. The highest BCUT2D eigenvalue weighted by atomic mass is 32.2. The predicted molar refractivity (Wildman–Crippen MR) is 66.0 cm³/mol. The Labute approximate surface area is 96.8 Å². The Bertz CT molecular complexity index is 201. The number of amides is 1. The van der Waals surface area contributed by atoms with Gasteiger partial charge in [0, 0.05) is 18.8 Å². The minimum Gasteiger partial charge on any atom is -0.340 e. The molecule has 1 aliphatic rings. The number of hydrogen-bond acceptors (Lipinski definition) is 3. The van der Waals surface area contributed by atoms with Crippen molar-refractivity contribution in [1.29, 1.82) is 0 Å². The summed E-state index contributed by atoms with van der Waals surface area (Å²) in [4.78, 5) is 13.9. The maximum Gasteiger partial charge on any atom is 0.239 e. The van der Waals surface area contributed by atoms with Gasteiger partial charge in [-0.25, -0.2) is 0 Å². The zero-order chi connectivity index (χ0) is 11.3. The minimum atomic E-state index is -0.298. The molecule has 1 heterocycles. The molecule has 0 aliphatic carbocycles. The number of hydrogen-bond donors (Lipinski definition) is 1. The van der Waals surface area contributed by atoms with Crippen molar-refractivity contribution in [2.75, 3.05) is 24.6 Å². The number of carbonyl (C=O) groups excluding carboxylic acids is 1. The average molecular weight is 230 g/mol. The fourth-order valence-electron chi connectivity index (χ4n) is 1.81. The molecule has 15 heavy (non-hydrogen) atoms. The van der Waals surface area contributed by atoms with Gasteiger partial charge in [-0.05, 0) is 24.5 Å². The molecule has 2 N–H and O–H groups in total. The van der Waals surface area contributed by atoms with Crippen LogP contribution in [0.5, 0.6) is 0 Å². The highest BCUT2D eigenvalue weighted by molar-refractivity contribution is 7.99. The Morgan fingerprint density at radius 1 is 1.40 bits per heavy atom. The summed E-state index contributed by atoms with van der Waals surface area (Å²) in [5.41, 5.74) is 5.90. The zero-order valence-electron chi connectivity index (χ0n) is 9.74. The van der Waals surface area contributed by atoms with Crippen LogP contribution in [0.15, 0.2) is 0 Å². The molecule has 1 unspecified atom stereocenters. The monoisotopic (exact) mass is 230 g/mol. The zero-order valence-corrected chi connectivity index (χ0v) is 10.6. The minimum absolute atomic E-state index is 0.145. The molecule has 1 atom stereocenters. The lowest BCUT2D eigenvalue weighted by Crippen LogP contribution is -2.45. The van der Waals surface area contributed by atoms with Crippen molar-refractivity contribution in [2.45, 2.75) is 32.7 Å². The molecule has 1 rings (SSSR count). The van der Waals surface area contributed by atoms with Crippen molar-refractivity contribution in [3.63, 3.8) is 0 Å². The lowest BCUT2D eigenvalue weighted by Gasteiger charge is -2.24. The first-order chi connectivity index (χ1) is 7.11. The third-order valence-corrected chi connectivity index (χ3v) is 3.63. The van der Waals surface area contributed by atoms with E-state index in [1.165, 1.54) is 5.75 Å². The van der Waals surface area contributed by atoms with Gasteiger partial charge in [-0.1, -0.05) is 13.8 Å². The molecular weight excluding hydrogens is 208 g/mol. The fraction of sp³-hybridized carbons (Fsp3) is 0.909. The quantitative estimate of drug-likeness (QED) is 0.795. The van der Waals surface area contributed by atoms with E-state index in [9.17, 15) is 4.79 Å². The van der Waals surface area contributed by atoms with Crippen LogP contribution in [0.2, 0.25) is 0 Å². The summed E-state index contributed by atoms with van der Waals surface area (Å²) >= 11 is 1.93. The second-order valence-electron chi connectivity index (χ2n) is 4.53. The van der Waals surface area contributed by atoms with E-state index in [4.69, 9.17) is 5.73 Å². The molecule has 88 valence electrons. The van der Waals surface area contributed by atoms with Gasteiger partial charge in [-0.15, -0.1) is 0 Å². The van der Waals surface area contributed by atoms with Crippen molar-refractivity contribution in [3.8, 4) is 0 Å². The van der Waals surface area contributed by atoms with Crippen LogP contribution >= 0.6 is 11.8 Å². The Morgan fingerprint density at radius 2 is 2.13 bits per heavy atom. The molecule has 1 saturated heterocycles. The number of rotatable bonds is 3. The smallest absolute Gasteiger partial charge is 0.239 e. The van der Waals surface area contributed by atoms with Crippen LogP contribution in [-0.4, -0.2) is 41.4 Å². The molecule has 1 aliphatic heterocycles. The van der Waals surface area contributed by atoms with E-state index in [2.05, 4.69) is 13.8 Å². The van der Waals surface area contributed by atoms with E-state index in [0.29, 0.717) is 5.92 Å². The van der Waals surface area contributed by atoms with Crippen molar-refractivity contribution in [2.24, 2.45) is 11.7 Å². The van der Waals surface area contributed by atoms with Gasteiger partial charge in [-0.3, -0.25) is 4.79 Å². The predicted octanol–water partition coefficient (Wildman–Crippen LogP) is 1.33. The Kier molecular flexibility index (Phi) is 5.47. The highest BCUT2D eigenvalue weighted by Gasteiger charge is 2.22. The number of thioether (sulfide) groups is 1. The molecular formula is C11H22N2OS. The van der Waals surface area contributed by atoms with E-state index in [1.807, 2.05) is 16.7 Å². The number of nitrogens with zero attached hydrogens (tertiary/aromatic N) is 1. The van der Waals surface area contributed by atoms with Gasteiger partial charge in [0.15, 0.2) is 0 Å². The van der Waals surface area contributed by atoms with Crippen molar-refractivity contribution >= 4 is 17.7 Å². The first kappa shape index (κ1) is 12.8. The molecule has 0 saturated carbocycles. The summed E-state index contributed by atoms with van der Waals surface area (Å²) in [6.07, 6.45) is 1.90. The average Bonchev–Trinajstić information content (AvgIpc) is 2.43. The molecule has 0 bridgehead atoms. The summed E-state index contributed by atoms with van der Waals surface area (Å²) < 4.78 is 0. The standard InChI is InChI=1S/C11H22N2OS/c1-9(2)8-10(12)11(14)13-4-3-6-15-7-5-13/h9-10H,3-8,12H2,1-2H3. The Hall–Kier alpha value is -0.220. The first-order valence-electron chi connectivity index (χ1n) is 5.73. The van der Waals surface area contributed by atoms with Gasteiger partial charge >= 0.3 is 0 Å². The van der Waals surface area contributed by atoms with E-state index < -0.39 is 0 Å². The van der Waals surface area contributed by atoms with Crippen molar-refractivity contribution in [3.05, 3.63) is 0 Å². The van der Waals surface area contributed by atoms with Crippen LogP contribution in [-0.2, 0) is 4.79 Å². The number of nitrogens with two attached hydrogens (primary N) is 1. The summed E-state index contributed by atoms with van der Waals surface area (Å²) in [6, 6.07) is -0.298. The molecule has 1 amide bonds. The normalized spacial score (nSPS) is 20.1. The van der Waals surface area contributed by atoms with Crippen molar-refractivity contribution < 1.29 is 4.79 Å². The van der Waals surface area contributed by atoms with Crippen LogP contribution in [0, 0.1) is 5.92 Å². The largest absolute Gasteiger partial charge is 0.340 e. The van der Waals surface area contributed by atoms with Crippen LogP contribution in [0.4, 0.5) is 0 Å². The van der Waals surface area contributed by atoms with Gasteiger partial charge in [0.2, 0.25) is 5.91 Å². The van der Waals surface area contributed by atoms with Crippen molar-refractivity contribution in [1.82, 2.24) is 4.90 Å². The second kappa shape index (κ2) is 6.38. The molecule has 0 aromatic carbocycles. The summed E-state index contributed by atoms with van der Waals surface area (Å²) in [5, 5.41) is 0. The van der Waals surface area contributed by atoms with Crippen LogP contribution < -0.4 is 5.73 Å². The summed E-state index contributed by atoms with van der Waals surface area (Å²) in [5.74, 6) is 2.86. The van der Waals surface area contributed by atoms with Gasteiger partial charge in [0.25, 0.3) is 0 Å². The van der Waals surface area contributed by atoms with Gasteiger partial charge in [-0.2, -0.15) is 11.8 Å². The summed E-state index contributed by atoms with van der Waals surface area (Å²) in [7, 11) is 0. The molecule has 0 radical (unpaired) electrons. The van der Waals surface area contributed by atoms with E-state index >= 15 is 0 Å². The lowest BCUT2D eigenvalue weighted by atomic mass is 10.0. The van der Waals surface area contributed by atoms with Gasteiger partial charge in [0.05, 0.1) is 6.04 Å². The van der Waals surface area contributed by atoms with E-state index in [1.54, 1.807) is 0 Å². The van der Waals surface area contributed by atoms with Crippen LogP contribution in [0.1, 0.15) is 26.7 Å². The highest BCUT2D eigenvalue weighted by Crippen LogP contribution is 2.12. The number of carbonyl (C=O) groups is 1. The Morgan fingerprint density at radius 3 is 2.80 bits per heavy atom. The van der Waals surface area contributed by atoms with Gasteiger partial charge in [0.1, 0.15) is 0 Å². The fourth-order valence-corrected chi connectivity index (χ4v) is 2.70. The molecule has 1 fully saturated rings. The third kappa shape index (κ3) is 4.43. The maximum atomic E-state index is 12.0. The Balaban J connectivity index is 2.42. The first-order valence-corrected chi connectivity index (χ1v) is 6.89. The van der Waals surface area contributed by atoms with Crippen LogP contribution in [0.3, 0.4) is 0 Å². The molecule has 0 aromatic rings. The summed E-state index contributed by atoms with van der Waals surface area (Å²) in [6.45, 7) is 5.96. The lowest BCUT2D eigenvalue weighted by molar-refractivity contribution is -0.132. The second-order valence-corrected chi connectivity index (χ2v) is 5.75. The van der Waals surface area contributed by atoms with E-state index in [-0.39, 0.29) is 11.9 Å². The molecule has 3 nitrogen and oxygen atoms in total.